The lowest BCUT2D eigenvalue weighted by Crippen LogP contribution is -2.12. The van der Waals surface area contributed by atoms with Crippen LogP contribution < -0.4 is 5.32 Å². The van der Waals surface area contributed by atoms with E-state index >= 15 is 0 Å². The highest BCUT2D eigenvalue weighted by Gasteiger charge is 2.11. The number of amides is 1. The van der Waals surface area contributed by atoms with E-state index in [0.29, 0.717) is 11.4 Å². The zero-order valence-electron chi connectivity index (χ0n) is 11.6. The van der Waals surface area contributed by atoms with Crippen molar-refractivity contribution in [2.24, 2.45) is 7.05 Å². The summed E-state index contributed by atoms with van der Waals surface area (Å²) >= 11 is 0. The number of aryl methyl sites for hydroxylation is 3. The first-order valence-electron chi connectivity index (χ1n) is 6.31. The smallest absolute Gasteiger partial charge is 0.276 e. The number of aromatic amines is 1. The number of nitrogens with zero attached hydrogens (tertiary/aromatic N) is 3. The first-order chi connectivity index (χ1) is 9.54. The molecule has 102 valence electrons. The van der Waals surface area contributed by atoms with Gasteiger partial charge < -0.3 is 9.88 Å². The van der Waals surface area contributed by atoms with E-state index in [9.17, 15) is 4.79 Å². The van der Waals surface area contributed by atoms with Gasteiger partial charge in [-0.2, -0.15) is 5.10 Å². The molecule has 3 rings (SSSR count). The third-order valence-corrected chi connectivity index (χ3v) is 3.30. The van der Waals surface area contributed by atoms with Crippen molar-refractivity contribution in [3.05, 3.63) is 41.5 Å². The third kappa shape index (κ3) is 2.05. The lowest BCUT2D eigenvalue weighted by molar-refractivity contribution is 0.102. The number of nitrogens with one attached hydrogen (secondary N) is 2. The van der Waals surface area contributed by atoms with E-state index in [1.807, 2.05) is 43.7 Å². The highest BCUT2D eigenvalue weighted by molar-refractivity contribution is 6.03. The Kier molecular flexibility index (Phi) is 2.78. The monoisotopic (exact) mass is 269 g/mol. The van der Waals surface area contributed by atoms with Gasteiger partial charge in [-0.3, -0.25) is 9.89 Å². The van der Waals surface area contributed by atoms with E-state index in [-0.39, 0.29) is 5.91 Å². The van der Waals surface area contributed by atoms with Crippen LogP contribution in [0.5, 0.6) is 0 Å². The predicted octanol–water partition coefficient (Wildman–Crippen LogP) is 2.17. The number of fused-ring (bicyclic) bond motifs is 1. The predicted molar refractivity (Wildman–Crippen MR) is 76.7 cm³/mol. The van der Waals surface area contributed by atoms with Gasteiger partial charge in [0.15, 0.2) is 5.69 Å². The zero-order valence-corrected chi connectivity index (χ0v) is 11.6. The van der Waals surface area contributed by atoms with Crippen LogP contribution in [-0.4, -0.2) is 25.7 Å². The molecule has 0 saturated carbocycles. The van der Waals surface area contributed by atoms with Crippen molar-refractivity contribution in [2.75, 3.05) is 5.32 Å². The number of carbonyl (C=O) groups is 1. The SMILES string of the molecule is Cc1cc(C(=O)Nc2ccc3c(c2)nc(C)n3C)n[nH]1. The van der Waals surface area contributed by atoms with Crippen molar-refractivity contribution in [3.63, 3.8) is 0 Å². The van der Waals surface area contributed by atoms with Crippen LogP contribution in [0.4, 0.5) is 5.69 Å². The Morgan fingerprint density at radius 3 is 2.80 bits per heavy atom. The lowest BCUT2D eigenvalue weighted by Gasteiger charge is -2.03. The average Bonchev–Trinajstić information content (AvgIpc) is 2.95. The summed E-state index contributed by atoms with van der Waals surface area (Å²) in [7, 11) is 1.97. The van der Waals surface area contributed by atoms with Gasteiger partial charge in [0.25, 0.3) is 5.91 Å². The third-order valence-electron chi connectivity index (χ3n) is 3.30. The van der Waals surface area contributed by atoms with Crippen LogP contribution in [-0.2, 0) is 7.05 Å². The molecule has 1 aromatic carbocycles. The van der Waals surface area contributed by atoms with Gasteiger partial charge in [-0.05, 0) is 38.1 Å². The highest BCUT2D eigenvalue weighted by atomic mass is 16.1. The van der Waals surface area contributed by atoms with Crippen LogP contribution in [0.2, 0.25) is 0 Å². The number of anilines is 1. The number of rotatable bonds is 2. The van der Waals surface area contributed by atoms with E-state index in [1.54, 1.807) is 6.07 Å². The van der Waals surface area contributed by atoms with Crippen LogP contribution >= 0.6 is 0 Å². The molecule has 0 bridgehead atoms. The zero-order chi connectivity index (χ0) is 14.3. The second-order valence-corrected chi connectivity index (χ2v) is 4.81. The van der Waals surface area contributed by atoms with Crippen molar-refractivity contribution in [2.45, 2.75) is 13.8 Å². The molecule has 6 nitrogen and oxygen atoms in total. The second kappa shape index (κ2) is 4.48. The minimum Gasteiger partial charge on any atom is -0.331 e. The number of carbonyl (C=O) groups excluding carboxylic acids is 1. The fraction of sp³-hybridized carbons (Fsp3) is 0.214. The minimum atomic E-state index is -0.235. The van der Waals surface area contributed by atoms with Crippen molar-refractivity contribution in [1.29, 1.82) is 0 Å². The number of aromatic nitrogens is 4. The molecule has 0 aliphatic heterocycles. The molecule has 0 saturated heterocycles. The molecule has 3 aromatic rings. The quantitative estimate of drug-likeness (QED) is 0.748. The first-order valence-corrected chi connectivity index (χ1v) is 6.31. The lowest BCUT2D eigenvalue weighted by atomic mass is 10.2. The molecule has 2 N–H and O–H groups in total. The summed E-state index contributed by atoms with van der Waals surface area (Å²) < 4.78 is 2.01. The molecule has 0 radical (unpaired) electrons. The summed E-state index contributed by atoms with van der Waals surface area (Å²) in [4.78, 5) is 16.5. The molecule has 0 aliphatic carbocycles. The van der Waals surface area contributed by atoms with Gasteiger partial charge in [-0.1, -0.05) is 0 Å². The van der Waals surface area contributed by atoms with E-state index in [1.165, 1.54) is 0 Å². The van der Waals surface area contributed by atoms with Crippen molar-refractivity contribution in [1.82, 2.24) is 19.7 Å². The molecule has 6 heteroatoms. The summed E-state index contributed by atoms with van der Waals surface area (Å²) in [6.45, 7) is 3.80. The van der Waals surface area contributed by atoms with Crippen LogP contribution in [0, 0.1) is 13.8 Å². The Bertz CT molecular complexity index is 799. The Hall–Kier alpha value is -2.63. The first kappa shape index (κ1) is 12.4. The molecule has 0 fully saturated rings. The highest BCUT2D eigenvalue weighted by Crippen LogP contribution is 2.19. The van der Waals surface area contributed by atoms with E-state index in [4.69, 9.17) is 0 Å². The topological polar surface area (TPSA) is 75.6 Å². The second-order valence-electron chi connectivity index (χ2n) is 4.81. The molecule has 0 spiro atoms. The fourth-order valence-corrected chi connectivity index (χ4v) is 2.13. The molecular formula is C14H15N5O. The van der Waals surface area contributed by atoms with Crippen molar-refractivity contribution < 1.29 is 4.79 Å². The molecule has 0 unspecified atom stereocenters. The molecule has 0 atom stereocenters. The summed E-state index contributed by atoms with van der Waals surface area (Å²) in [6, 6.07) is 7.38. The van der Waals surface area contributed by atoms with E-state index < -0.39 is 0 Å². The van der Waals surface area contributed by atoms with E-state index in [0.717, 1.165) is 22.6 Å². The largest absolute Gasteiger partial charge is 0.331 e. The average molecular weight is 269 g/mol. The summed E-state index contributed by atoms with van der Waals surface area (Å²) in [6.07, 6.45) is 0. The number of benzene rings is 1. The summed E-state index contributed by atoms with van der Waals surface area (Å²) in [5.41, 5.74) is 3.84. The number of hydrogen-bond acceptors (Lipinski definition) is 3. The Labute approximate surface area is 115 Å². The molecule has 2 heterocycles. The van der Waals surface area contributed by atoms with Gasteiger partial charge in [0.1, 0.15) is 5.82 Å². The summed E-state index contributed by atoms with van der Waals surface area (Å²) in [5, 5.41) is 9.51. The normalized spacial score (nSPS) is 10.9. The van der Waals surface area contributed by atoms with Gasteiger partial charge in [-0.15, -0.1) is 0 Å². The Morgan fingerprint density at radius 1 is 1.30 bits per heavy atom. The van der Waals surface area contributed by atoms with Gasteiger partial charge >= 0.3 is 0 Å². The number of H-pyrrole nitrogens is 1. The summed E-state index contributed by atoms with van der Waals surface area (Å²) in [5.74, 6) is 0.702. The maximum atomic E-state index is 12.0. The van der Waals surface area contributed by atoms with Gasteiger partial charge in [-0.25, -0.2) is 4.98 Å². The number of hydrogen-bond donors (Lipinski definition) is 2. The fourth-order valence-electron chi connectivity index (χ4n) is 2.13. The van der Waals surface area contributed by atoms with Crippen LogP contribution in [0.1, 0.15) is 22.0 Å². The van der Waals surface area contributed by atoms with Crippen molar-refractivity contribution >= 4 is 22.6 Å². The molecule has 1 amide bonds. The maximum absolute atomic E-state index is 12.0. The Balaban J connectivity index is 1.89. The number of imidazole rings is 1. The van der Waals surface area contributed by atoms with E-state index in [2.05, 4.69) is 20.5 Å². The van der Waals surface area contributed by atoms with Crippen LogP contribution in [0.15, 0.2) is 24.3 Å². The molecule has 0 aliphatic rings. The standard InChI is InChI=1S/C14H15N5O/c1-8-6-12(18-17-8)14(20)16-10-4-5-13-11(7-10)15-9(2)19(13)3/h4-7H,1-3H3,(H,16,20)(H,17,18). The van der Waals surface area contributed by atoms with Gasteiger partial charge in [0.2, 0.25) is 0 Å². The molecule has 20 heavy (non-hydrogen) atoms. The molecule has 2 aromatic heterocycles. The van der Waals surface area contributed by atoms with Gasteiger partial charge in [0.05, 0.1) is 11.0 Å². The van der Waals surface area contributed by atoms with Crippen LogP contribution in [0.3, 0.4) is 0 Å². The van der Waals surface area contributed by atoms with Crippen molar-refractivity contribution in [3.8, 4) is 0 Å². The molecular weight excluding hydrogens is 254 g/mol. The van der Waals surface area contributed by atoms with Crippen LogP contribution in [0.25, 0.3) is 11.0 Å². The van der Waals surface area contributed by atoms with Gasteiger partial charge in [0, 0.05) is 18.4 Å². The minimum absolute atomic E-state index is 0.235. The Morgan fingerprint density at radius 2 is 2.10 bits per heavy atom. The maximum Gasteiger partial charge on any atom is 0.276 e.